The Balaban J connectivity index is 1.57. The van der Waals surface area contributed by atoms with Crippen LogP contribution in [0.25, 0.3) is 10.8 Å². The molecular weight excluding hydrogens is 725 g/mol. The number of benzene rings is 2. The number of carbonyl (C=O) groups is 3. The standard InChI is InChI=1S/C45H62N4O8/c1-10-56-43-28(7)40(53)35-34-33(43)32(51)16-12-14-24(3)42(57-29(8)50)27(6)39(52)26(5)21-23(2)13-11-15-25(4)44(55)46-38(41(35)54)37-36(34)47-45(48-37)20-19-30-17-18-31(22-45)49(30)9/h11,13,15,23-24,26-27,30-31,39,42,52-54H,10,12,14,16-22H2,1-9H3,(H,46,55)/b13-11+,25-15-/t23-,24+,26+,27+,30-,31+,39+,42+,45+/m0/s1. The van der Waals surface area contributed by atoms with Crippen molar-refractivity contribution in [3.05, 3.63) is 45.6 Å². The van der Waals surface area contributed by atoms with Crippen LogP contribution in [0.2, 0.25) is 0 Å². The number of ether oxygens (including phenoxy) is 2. The second-order valence-corrected chi connectivity index (χ2v) is 17.4. The van der Waals surface area contributed by atoms with E-state index < -0.39 is 35.5 Å². The van der Waals surface area contributed by atoms with E-state index in [0.717, 1.165) is 19.3 Å². The number of anilines is 1. The Morgan fingerprint density at radius 3 is 2.39 bits per heavy atom. The Morgan fingerprint density at radius 2 is 1.68 bits per heavy atom. The van der Waals surface area contributed by atoms with Crippen LogP contribution in [0.5, 0.6) is 17.2 Å². The van der Waals surface area contributed by atoms with Gasteiger partial charge in [-0.2, -0.15) is 0 Å². The van der Waals surface area contributed by atoms with E-state index in [0.29, 0.717) is 49.1 Å². The predicted molar refractivity (Wildman–Crippen MR) is 219 cm³/mol. The predicted octanol–water partition coefficient (Wildman–Crippen LogP) is 6.59. The van der Waals surface area contributed by atoms with E-state index in [1.807, 2.05) is 39.8 Å². The minimum absolute atomic E-state index is 0.00864. The molecule has 0 aliphatic carbocycles. The number of aliphatic hydroxyl groups excluding tert-OH is 1. The first kappa shape index (κ1) is 42.3. The summed E-state index contributed by atoms with van der Waals surface area (Å²) in [6.07, 6.45) is 10.1. The summed E-state index contributed by atoms with van der Waals surface area (Å²) in [5, 5.41) is 39.4. The van der Waals surface area contributed by atoms with Gasteiger partial charge in [-0.05, 0) is 90.5 Å². The zero-order valence-electron chi connectivity index (χ0n) is 35.1. The van der Waals surface area contributed by atoms with E-state index in [4.69, 9.17) is 19.5 Å². The maximum atomic E-state index is 14.7. The number of amides is 1. The first-order chi connectivity index (χ1) is 27.0. The van der Waals surface area contributed by atoms with Crippen molar-refractivity contribution >= 4 is 34.1 Å². The van der Waals surface area contributed by atoms with Gasteiger partial charge in [0.15, 0.2) is 17.2 Å². The molecule has 4 aliphatic rings. The molecule has 0 aromatic heterocycles. The topological polar surface area (TPSA) is 170 Å². The highest BCUT2D eigenvalue weighted by Gasteiger charge is 2.45. The summed E-state index contributed by atoms with van der Waals surface area (Å²) in [5.74, 6) is -2.23. The minimum atomic E-state index is -0.890. The maximum absolute atomic E-state index is 14.7. The summed E-state index contributed by atoms with van der Waals surface area (Å²) >= 11 is 0. The van der Waals surface area contributed by atoms with Crippen LogP contribution in [0.4, 0.5) is 5.69 Å². The molecule has 4 aliphatic heterocycles. The number of phenolic OH excluding ortho intramolecular Hbond substituents is 2. The zero-order chi connectivity index (χ0) is 41.5. The van der Waals surface area contributed by atoms with E-state index >= 15 is 0 Å². The minimum Gasteiger partial charge on any atom is -0.507 e. The van der Waals surface area contributed by atoms with Gasteiger partial charge in [0.1, 0.15) is 28.6 Å². The lowest BCUT2D eigenvalue weighted by Crippen LogP contribution is -2.40. The number of ketones is 1. The molecule has 310 valence electrons. The van der Waals surface area contributed by atoms with Crippen LogP contribution in [-0.4, -0.2) is 81.5 Å². The van der Waals surface area contributed by atoms with Gasteiger partial charge in [0.25, 0.3) is 5.91 Å². The Morgan fingerprint density at radius 1 is 0.982 bits per heavy atom. The van der Waals surface area contributed by atoms with Crippen LogP contribution >= 0.6 is 0 Å². The lowest BCUT2D eigenvalue weighted by atomic mass is 9.79. The van der Waals surface area contributed by atoms with Crippen LogP contribution in [-0.2, 0) is 14.3 Å². The van der Waals surface area contributed by atoms with Crippen molar-refractivity contribution in [3.63, 3.8) is 0 Å². The molecule has 9 atom stereocenters. The molecule has 4 heterocycles. The molecular formula is C45H62N4O8. The van der Waals surface area contributed by atoms with E-state index in [1.165, 1.54) is 6.92 Å². The lowest BCUT2D eigenvalue weighted by molar-refractivity contribution is -0.156. The quantitative estimate of drug-likeness (QED) is 0.198. The molecule has 2 aromatic rings. The average Bonchev–Trinajstić information content (AvgIpc) is 3.67. The highest BCUT2D eigenvalue weighted by Crippen LogP contribution is 2.47. The van der Waals surface area contributed by atoms with Gasteiger partial charge in [-0.15, -0.1) is 0 Å². The number of hydrogen-bond donors (Lipinski definition) is 4. The fraction of sp³-hybridized carbons (Fsp3) is 0.622. The number of nitrogens with one attached hydrogen (secondary N) is 1. The van der Waals surface area contributed by atoms with Crippen LogP contribution in [0, 0.1) is 30.6 Å². The summed E-state index contributed by atoms with van der Waals surface area (Å²) in [7, 11) is 2.15. The third-order valence-electron chi connectivity index (χ3n) is 13.2. The van der Waals surface area contributed by atoms with Crippen molar-refractivity contribution in [1.82, 2.24) is 4.90 Å². The number of nitrogens with zero attached hydrogens (tertiary/aromatic N) is 3. The molecule has 12 heteroatoms. The molecule has 0 unspecified atom stereocenters. The summed E-state index contributed by atoms with van der Waals surface area (Å²) in [6, 6.07) is 0.652. The summed E-state index contributed by atoms with van der Waals surface area (Å²) in [6.45, 7) is 14.6. The van der Waals surface area contributed by atoms with Gasteiger partial charge in [-0.1, -0.05) is 45.9 Å². The highest BCUT2D eigenvalue weighted by molar-refractivity contribution is 6.16. The molecule has 2 fully saturated rings. The SMILES string of the molecule is CCOc1c(C)c(O)c2c(O)c3c4c(c2c1C(=O)CCC[C@@H](C)[C@@H](OC(C)=O)[C@H](C)[C@H](O)[C@H](C)C[C@@H](C)/C=C/C=C(/C)C(=O)N3)=N[C@]1(CC[C@@H]2CC[C@H](C1)N2C)N=4. The Kier molecular flexibility index (Phi) is 12.5. The third-order valence-corrected chi connectivity index (χ3v) is 13.2. The first-order valence-corrected chi connectivity index (χ1v) is 20.9. The number of rotatable bonds is 3. The van der Waals surface area contributed by atoms with Crippen LogP contribution in [0.3, 0.4) is 0 Å². The number of hydrogen-bond acceptors (Lipinski definition) is 11. The first-order valence-electron chi connectivity index (χ1n) is 20.9. The summed E-state index contributed by atoms with van der Waals surface area (Å²) in [5.41, 5.74) is 0.00329. The fourth-order valence-corrected chi connectivity index (χ4v) is 9.91. The van der Waals surface area contributed by atoms with Crippen molar-refractivity contribution in [2.45, 2.75) is 143 Å². The van der Waals surface area contributed by atoms with Crippen molar-refractivity contribution in [2.24, 2.45) is 33.7 Å². The number of fused-ring (bicyclic) bond motifs is 2. The molecule has 1 spiro atoms. The summed E-state index contributed by atoms with van der Waals surface area (Å²) in [4.78, 5) is 54.0. The van der Waals surface area contributed by atoms with E-state index in [1.54, 1.807) is 26.8 Å². The van der Waals surface area contributed by atoms with Gasteiger partial charge in [0.05, 0.1) is 29.0 Å². The van der Waals surface area contributed by atoms with Gasteiger partial charge < -0.3 is 35.0 Å². The van der Waals surface area contributed by atoms with E-state index in [9.17, 15) is 29.7 Å². The monoisotopic (exact) mass is 786 g/mol. The van der Waals surface area contributed by atoms with E-state index in [2.05, 4.69) is 17.3 Å². The number of aliphatic hydroxyl groups is 1. The number of Topliss-reactive ketones (excluding diaryl/α,β-unsaturated/α-hetero) is 1. The summed E-state index contributed by atoms with van der Waals surface area (Å²) < 4.78 is 12.0. The number of allylic oxidation sites excluding steroid dienone is 3. The molecule has 12 nitrogen and oxygen atoms in total. The van der Waals surface area contributed by atoms with Gasteiger partial charge in [0.2, 0.25) is 0 Å². The maximum Gasteiger partial charge on any atom is 0.302 e. The smallest absolute Gasteiger partial charge is 0.302 e. The lowest BCUT2D eigenvalue weighted by Gasteiger charge is -2.35. The van der Waals surface area contributed by atoms with Gasteiger partial charge in [0, 0.05) is 54.3 Å². The Bertz CT molecular complexity index is 2110. The molecule has 0 saturated carbocycles. The molecule has 4 bridgehead atoms. The fourth-order valence-electron chi connectivity index (χ4n) is 9.91. The average molecular weight is 787 g/mol. The normalized spacial score (nSPS) is 33.0. The van der Waals surface area contributed by atoms with Gasteiger partial charge >= 0.3 is 5.97 Å². The molecule has 1 amide bonds. The molecule has 6 rings (SSSR count). The molecule has 2 saturated heterocycles. The van der Waals surface area contributed by atoms with Crippen LogP contribution in [0.1, 0.15) is 122 Å². The number of carbonyl (C=O) groups excluding carboxylic acids is 3. The second kappa shape index (κ2) is 16.9. The van der Waals surface area contributed by atoms with Crippen molar-refractivity contribution in [2.75, 3.05) is 19.0 Å². The van der Waals surface area contributed by atoms with Gasteiger partial charge in [-0.25, -0.2) is 0 Å². The Hall–Kier alpha value is -4.29. The van der Waals surface area contributed by atoms with E-state index in [-0.39, 0.29) is 93.0 Å². The van der Waals surface area contributed by atoms with Crippen molar-refractivity contribution in [1.29, 1.82) is 0 Å². The molecule has 2 aromatic carbocycles. The number of aromatic hydroxyl groups is 2. The number of esters is 1. The largest absolute Gasteiger partial charge is 0.507 e. The molecule has 57 heavy (non-hydrogen) atoms. The third kappa shape index (κ3) is 8.22. The van der Waals surface area contributed by atoms with Crippen molar-refractivity contribution < 1.29 is 39.2 Å². The second-order valence-electron chi connectivity index (χ2n) is 17.4. The van der Waals surface area contributed by atoms with Crippen LogP contribution < -0.4 is 20.8 Å². The molecule has 0 radical (unpaired) electrons. The van der Waals surface area contributed by atoms with Crippen molar-refractivity contribution in [3.8, 4) is 17.2 Å². The zero-order valence-corrected chi connectivity index (χ0v) is 35.1. The number of phenols is 2. The van der Waals surface area contributed by atoms with Crippen LogP contribution in [0.15, 0.2) is 33.8 Å². The molecule has 4 N–H and O–H groups in total. The Labute approximate surface area is 336 Å². The van der Waals surface area contributed by atoms with Gasteiger partial charge in [-0.3, -0.25) is 24.4 Å². The highest BCUT2D eigenvalue weighted by atomic mass is 16.5.